The first kappa shape index (κ1) is 11.0. The van der Waals surface area contributed by atoms with Gasteiger partial charge in [0.15, 0.2) is 0 Å². The van der Waals surface area contributed by atoms with Crippen LogP contribution < -0.4 is 0 Å². The summed E-state index contributed by atoms with van der Waals surface area (Å²) in [6, 6.07) is 0. The van der Waals surface area contributed by atoms with Crippen molar-refractivity contribution in [2.24, 2.45) is 17.8 Å². The van der Waals surface area contributed by atoms with E-state index in [1.807, 2.05) is 6.92 Å². The van der Waals surface area contributed by atoms with E-state index in [1.165, 1.54) is 5.57 Å². The van der Waals surface area contributed by atoms with Gasteiger partial charge in [0.25, 0.3) is 0 Å². The second-order valence-corrected chi connectivity index (χ2v) is 6.75. The van der Waals surface area contributed by atoms with Crippen LogP contribution in [0.1, 0.15) is 40.0 Å². The van der Waals surface area contributed by atoms with Crippen molar-refractivity contribution in [2.75, 3.05) is 0 Å². The first-order chi connectivity index (χ1) is 8.48. The smallest absolute Gasteiger partial charge is 0.309 e. The first-order valence-electron chi connectivity index (χ1n) is 7.06. The molecule has 0 aromatic carbocycles. The molecule has 3 heteroatoms. The maximum Gasteiger partial charge on any atom is 0.309 e. The highest BCUT2D eigenvalue weighted by molar-refractivity contribution is 5.75. The third-order valence-electron chi connectivity index (χ3n) is 5.95. The van der Waals surface area contributed by atoms with E-state index in [1.54, 1.807) is 0 Å². The Morgan fingerprint density at radius 3 is 3.00 bits per heavy atom. The molecule has 1 spiro atoms. The van der Waals surface area contributed by atoms with Gasteiger partial charge in [0.1, 0.15) is 11.7 Å². The Morgan fingerprint density at radius 1 is 1.44 bits per heavy atom. The molecule has 0 N–H and O–H groups in total. The Bertz CT molecular complexity index is 468. The molecule has 1 saturated carbocycles. The van der Waals surface area contributed by atoms with E-state index in [9.17, 15) is 4.79 Å². The van der Waals surface area contributed by atoms with Gasteiger partial charge >= 0.3 is 5.97 Å². The summed E-state index contributed by atoms with van der Waals surface area (Å²) in [7, 11) is 0. The molecule has 0 aromatic rings. The summed E-state index contributed by atoms with van der Waals surface area (Å²) in [5, 5.41) is 0. The lowest BCUT2D eigenvalue weighted by Gasteiger charge is -2.27. The summed E-state index contributed by atoms with van der Waals surface area (Å²) < 4.78 is 11.9. The van der Waals surface area contributed by atoms with Crippen LogP contribution in [0.15, 0.2) is 11.6 Å². The molecule has 0 radical (unpaired) electrons. The third kappa shape index (κ3) is 1.04. The van der Waals surface area contributed by atoms with E-state index in [0.29, 0.717) is 11.8 Å². The number of rotatable bonds is 0. The molecule has 2 aliphatic carbocycles. The van der Waals surface area contributed by atoms with Crippen LogP contribution in [0.2, 0.25) is 0 Å². The number of fused-ring (bicyclic) bond motifs is 2. The Balaban J connectivity index is 1.78. The van der Waals surface area contributed by atoms with Gasteiger partial charge in [-0.1, -0.05) is 18.6 Å². The molecular formula is C15H20O3. The van der Waals surface area contributed by atoms with Crippen LogP contribution in [0, 0.1) is 17.8 Å². The van der Waals surface area contributed by atoms with Crippen molar-refractivity contribution in [3.63, 3.8) is 0 Å². The number of hydrogen-bond donors (Lipinski definition) is 0. The summed E-state index contributed by atoms with van der Waals surface area (Å²) in [4.78, 5) is 11.9. The van der Waals surface area contributed by atoms with Gasteiger partial charge < -0.3 is 9.47 Å². The van der Waals surface area contributed by atoms with Gasteiger partial charge in [0, 0.05) is 11.8 Å². The zero-order valence-corrected chi connectivity index (χ0v) is 11.2. The van der Waals surface area contributed by atoms with Gasteiger partial charge in [-0.05, 0) is 33.1 Å². The van der Waals surface area contributed by atoms with E-state index in [2.05, 4.69) is 19.9 Å². The quantitative estimate of drug-likeness (QED) is 0.375. The van der Waals surface area contributed by atoms with Crippen LogP contribution in [-0.4, -0.2) is 23.3 Å². The maximum atomic E-state index is 11.9. The standard InChI is InChI=1S/C15H20O3/c1-8-4-7-15-11(8)12-10(9(2)13(16)17-12)5-6-14(15,3)18-15/h4,9-12H,5-7H2,1-3H3/t9-,10-,11-,12-,14+,15-/m0/s1. The molecule has 6 atom stereocenters. The Labute approximate surface area is 108 Å². The summed E-state index contributed by atoms with van der Waals surface area (Å²) >= 11 is 0. The van der Waals surface area contributed by atoms with E-state index in [0.717, 1.165) is 19.3 Å². The van der Waals surface area contributed by atoms with Gasteiger partial charge in [-0.2, -0.15) is 0 Å². The minimum Gasteiger partial charge on any atom is -0.461 e. The Morgan fingerprint density at radius 2 is 2.22 bits per heavy atom. The first-order valence-corrected chi connectivity index (χ1v) is 7.06. The Hall–Kier alpha value is -0.830. The zero-order chi connectivity index (χ0) is 12.7. The normalized spacial score (nSPS) is 57.1. The number of esters is 1. The van der Waals surface area contributed by atoms with Crippen molar-refractivity contribution in [2.45, 2.75) is 57.3 Å². The lowest BCUT2D eigenvalue weighted by atomic mass is 9.77. The van der Waals surface area contributed by atoms with Crippen LogP contribution in [-0.2, 0) is 14.3 Å². The topological polar surface area (TPSA) is 38.8 Å². The van der Waals surface area contributed by atoms with Gasteiger partial charge in [0.05, 0.1) is 11.5 Å². The molecular weight excluding hydrogens is 228 g/mol. The largest absolute Gasteiger partial charge is 0.461 e. The predicted molar refractivity (Wildman–Crippen MR) is 65.9 cm³/mol. The SMILES string of the molecule is CC1=CC[C@@]23O[C@]2(C)CC[C@@H]2[C@H](OC(=O)[C@H]2C)[C@H]13. The second-order valence-electron chi connectivity index (χ2n) is 6.75. The number of carbonyl (C=O) groups excluding carboxylic acids is 1. The van der Waals surface area contributed by atoms with Crippen molar-refractivity contribution in [1.82, 2.24) is 0 Å². The molecule has 0 amide bonds. The van der Waals surface area contributed by atoms with Crippen molar-refractivity contribution in [3.05, 3.63) is 11.6 Å². The second kappa shape index (κ2) is 3.01. The highest BCUT2D eigenvalue weighted by Gasteiger charge is 2.75. The zero-order valence-electron chi connectivity index (χ0n) is 11.2. The van der Waals surface area contributed by atoms with Gasteiger partial charge in [-0.3, -0.25) is 4.79 Å². The molecule has 0 unspecified atom stereocenters. The summed E-state index contributed by atoms with van der Waals surface area (Å²) in [5.74, 6) is 0.726. The summed E-state index contributed by atoms with van der Waals surface area (Å²) in [6.45, 7) is 6.43. The summed E-state index contributed by atoms with van der Waals surface area (Å²) in [6.07, 6.45) is 5.45. The highest BCUT2D eigenvalue weighted by atomic mass is 16.6. The summed E-state index contributed by atoms with van der Waals surface area (Å²) in [5.41, 5.74) is 1.32. The van der Waals surface area contributed by atoms with Crippen molar-refractivity contribution in [1.29, 1.82) is 0 Å². The fraction of sp³-hybridized carbons (Fsp3) is 0.800. The van der Waals surface area contributed by atoms with Crippen LogP contribution in [0.4, 0.5) is 0 Å². The fourth-order valence-electron chi connectivity index (χ4n) is 4.71. The van der Waals surface area contributed by atoms with Crippen LogP contribution >= 0.6 is 0 Å². The van der Waals surface area contributed by atoms with E-state index in [-0.39, 0.29) is 29.2 Å². The lowest BCUT2D eigenvalue weighted by molar-refractivity contribution is -0.145. The number of carbonyl (C=O) groups is 1. The minimum atomic E-state index is -0.0547. The molecule has 2 aliphatic heterocycles. The van der Waals surface area contributed by atoms with Crippen LogP contribution in [0.5, 0.6) is 0 Å². The number of ether oxygens (including phenoxy) is 2. The molecule has 2 heterocycles. The molecule has 98 valence electrons. The molecule has 18 heavy (non-hydrogen) atoms. The van der Waals surface area contributed by atoms with Crippen molar-refractivity contribution in [3.8, 4) is 0 Å². The van der Waals surface area contributed by atoms with Gasteiger partial charge in [0.2, 0.25) is 0 Å². The van der Waals surface area contributed by atoms with Crippen molar-refractivity contribution >= 4 is 5.97 Å². The number of hydrogen-bond acceptors (Lipinski definition) is 3. The van der Waals surface area contributed by atoms with Gasteiger partial charge in [-0.15, -0.1) is 0 Å². The fourth-order valence-corrected chi connectivity index (χ4v) is 4.71. The molecule has 3 fully saturated rings. The average molecular weight is 248 g/mol. The van der Waals surface area contributed by atoms with E-state index < -0.39 is 0 Å². The van der Waals surface area contributed by atoms with Gasteiger partial charge in [-0.25, -0.2) is 0 Å². The van der Waals surface area contributed by atoms with E-state index in [4.69, 9.17) is 9.47 Å². The predicted octanol–water partition coefficient (Wildman–Crippen LogP) is 2.45. The molecule has 3 nitrogen and oxygen atoms in total. The van der Waals surface area contributed by atoms with E-state index >= 15 is 0 Å². The molecule has 2 saturated heterocycles. The minimum absolute atomic E-state index is 0.0101. The average Bonchev–Trinajstić information content (AvgIpc) is 2.65. The number of epoxide rings is 1. The third-order valence-corrected chi connectivity index (χ3v) is 5.95. The van der Waals surface area contributed by atoms with Crippen molar-refractivity contribution < 1.29 is 14.3 Å². The maximum absolute atomic E-state index is 11.9. The lowest BCUT2D eigenvalue weighted by Crippen LogP contribution is -2.37. The Kier molecular flexibility index (Phi) is 1.84. The molecule has 0 aromatic heterocycles. The molecule has 0 bridgehead atoms. The van der Waals surface area contributed by atoms with Crippen LogP contribution in [0.3, 0.4) is 0 Å². The monoisotopic (exact) mass is 248 g/mol. The molecule has 4 rings (SSSR count). The molecule has 4 aliphatic rings. The van der Waals surface area contributed by atoms with Crippen LogP contribution in [0.25, 0.3) is 0 Å². The highest BCUT2D eigenvalue weighted by Crippen LogP contribution is 2.67.